The molecule has 1 N–H and O–H groups in total. The Bertz CT molecular complexity index is 556. The van der Waals surface area contributed by atoms with Gasteiger partial charge in [-0.25, -0.2) is 13.2 Å². The van der Waals surface area contributed by atoms with Crippen molar-refractivity contribution in [2.45, 2.75) is 12.7 Å². The van der Waals surface area contributed by atoms with Gasteiger partial charge in [-0.15, -0.1) is 0 Å². The quantitative estimate of drug-likeness (QED) is 0.615. The Hall–Kier alpha value is -1.90. The smallest absolute Gasteiger partial charge is 0.438 e. The minimum absolute atomic E-state index is 0.197. The fourth-order valence-corrected chi connectivity index (χ4v) is 2.01. The summed E-state index contributed by atoms with van der Waals surface area (Å²) in [4.78, 5) is 20.2. The Morgan fingerprint density at radius 2 is 2.18 bits per heavy atom. The predicted molar refractivity (Wildman–Crippen MR) is 55.5 cm³/mol. The lowest BCUT2D eigenvalue weighted by atomic mass is 10.3. The number of aromatic carboxylic acids is 1. The van der Waals surface area contributed by atoms with Gasteiger partial charge in [0, 0.05) is 11.8 Å². The third-order valence-corrected chi connectivity index (χ3v) is 3.61. The van der Waals surface area contributed by atoms with E-state index in [1.54, 1.807) is 0 Å². The molecule has 0 atom stereocenters. The lowest BCUT2D eigenvalue weighted by Crippen LogP contribution is -2.07. The Morgan fingerprint density at radius 3 is 2.59 bits per heavy atom. The number of rotatable bonds is 5. The van der Waals surface area contributed by atoms with Crippen molar-refractivity contribution in [2.75, 3.05) is 5.75 Å². The highest BCUT2D eigenvalue weighted by atomic mass is 32.2. The first-order valence-corrected chi connectivity index (χ1v) is 6.29. The maximum Gasteiger partial charge on any atom is 0.438 e. The van der Waals surface area contributed by atoms with E-state index in [2.05, 4.69) is 4.42 Å². The molecule has 0 amide bonds. The van der Waals surface area contributed by atoms with Crippen molar-refractivity contribution in [3.8, 4) is 0 Å². The normalized spacial score (nSPS) is 11.4. The van der Waals surface area contributed by atoms with Crippen molar-refractivity contribution >= 4 is 21.7 Å². The van der Waals surface area contributed by atoms with Crippen LogP contribution < -0.4 is 0 Å². The molecular weight excluding hydrogens is 254 g/mol. The molecule has 0 fully saturated rings. The lowest BCUT2D eigenvalue weighted by Gasteiger charge is -1.96. The lowest BCUT2D eigenvalue weighted by molar-refractivity contribution is -0.402. The average Bonchev–Trinajstić information content (AvgIpc) is 2.61. The number of hydrogen-bond donors (Lipinski definition) is 1. The summed E-state index contributed by atoms with van der Waals surface area (Å²) in [6.07, 6.45) is 0. The third kappa shape index (κ3) is 3.03. The third-order valence-electron chi connectivity index (χ3n) is 1.98. The van der Waals surface area contributed by atoms with E-state index in [4.69, 9.17) is 5.11 Å². The summed E-state index contributed by atoms with van der Waals surface area (Å²) in [7, 11) is -3.50. The van der Waals surface area contributed by atoms with Crippen molar-refractivity contribution in [2.24, 2.45) is 0 Å². The summed E-state index contributed by atoms with van der Waals surface area (Å²) in [6.45, 7) is 1.39. The number of nitro groups is 1. The molecule has 94 valence electrons. The number of hydrogen-bond acceptors (Lipinski definition) is 6. The van der Waals surface area contributed by atoms with Gasteiger partial charge in [0.25, 0.3) is 0 Å². The van der Waals surface area contributed by atoms with Crippen molar-refractivity contribution < 1.29 is 27.7 Å². The van der Waals surface area contributed by atoms with Gasteiger partial charge in [-0.05, 0) is 0 Å². The average molecular weight is 263 g/mol. The van der Waals surface area contributed by atoms with Crippen LogP contribution in [0.25, 0.3) is 0 Å². The highest BCUT2D eigenvalue weighted by Gasteiger charge is 2.27. The van der Waals surface area contributed by atoms with Crippen LogP contribution in [0, 0.1) is 10.1 Å². The minimum atomic E-state index is -3.50. The van der Waals surface area contributed by atoms with E-state index in [1.807, 2.05) is 0 Å². The molecule has 1 heterocycles. The van der Waals surface area contributed by atoms with Gasteiger partial charge in [-0.3, -0.25) is 10.1 Å². The summed E-state index contributed by atoms with van der Waals surface area (Å²) in [6, 6.07) is 0.855. The van der Waals surface area contributed by atoms with Crippen molar-refractivity contribution in [3.05, 3.63) is 27.5 Å². The molecule has 0 saturated carbocycles. The summed E-state index contributed by atoms with van der Waals surface area (Å²) in [5.41, 5.74) is -0.255. The molecule has 0 aromatic carbocycles. The van der Waals surface area contributed by atoms with Gasteiger partial charge in [0.2, 0.25) is 5.76 Å². The molecule has 9 heteroatoms. The molecular formula is C8H9NO7S. The molecule has 0 saturated heterocycles. The second-order valence-corrected chi connectivity index (χ2v) is 5.53. The van der Waals surface area contributed by atoms with Gasteiger partial charge in [0.15, 0.2) is 9.84 Å². The molecule has 0 aliphatic carbocycles. The molecule has 0 spiro atoms. The summed E-state index contributed by atoms with van der Waals surface area (Å²) >= 11 is 0. The van der Waals surface area contributed by atoms with E-state index < -0.39 is 38.1 Å². The van der Waals surface area contributed by atoms with E-state index in [0.29, 0.717) is 0 Å². The second kappa shape index (κ2) is 4.53. The van der Waals surface area contributed by atoms with Crippen LogP contribution in [0.4, 0.5) is 5.88 Å². The monoisotopic (exact) mass is 263 g/mol. The van der Waals surface area contributed by atoms with Crippen LogP contribution in [0.1, 0.15) is 23.0 Å². The predicted octanol–water partition coefficient (Wildman–Crippen LogP) is 0.821. The molecule has 1 aromatic rings. The topological polar surface area (TPSA) is 128 Å². The number of carbonyl (C=O) groups is 1. The van der Waals surface area contributed by atoms with Crippen LogP contribution in [0.5, 0.6) is 0 Å². The van der Waals surface area contributed by atoms with E-state index in [1.165, 1.54) is 6.92 Å². The number of carboxylic acids is 1. The van der Waals surface area contributed by atoms with E-state index in [-0.39, 0.29) is 11.3 Å². The molecule has 8 nitrogen and oxygen atoms in total. The molecule has 0 radical (unpaired) electrons. The fraction of sp³-hybridized carbons (Fsp3) is 0.375. The molecule has 0 aliphatic rings. The zero-order valence-corrected chi connectivity index (χ0v) is 9.56. The van der Waals surface area contributed by atoms with Crippen LogP contribution in [-0.2, 0) is 15.6 Å². The van der Waals surface area contributed by atoms with Gasteiger partial charge in [0.05, 0.1) is 11.3 Å². The number of furan rings is 1. The number of nitrogens with zero attached hydrogens (tertiary/aromatic N) is 1. The molecule has 0 aliphatic heterocycles. The second-order valence-electron chi connectivity index (χ2n) is 3.18. The fourth-order valence-electron chi connectivity index (χ4n) is 1.12. The Morgan fingerprint density at radius 1 is 1.59 bits per heavy atom. The molecule has 17 heavy (non-hydrogen) atoms. The standard InChI is InChI=1S/C8H9NO7S/c1-2-17(14,15)4-5-3-6(8(10)11)16-7(5)9(12)13/h3H,2,4H2,1H3,(H,10,11). The Kier molecular flexibility index (Phi) is 3.51. The SMILES string of the molecule is CCS(=O)(=O)Cc1cc(C(=O)O)oc1[N+](=O)[O-]. The first kappa shape index (κ1) is 13.2. The molecule has 1 rings (SSSR count). The van der Waals surface area contributed by atoms with Crippen LogP contribution >= 0.6 is 0 Å². The zero-order chi connectivity index (χ0) is 13.2. The Labute approximate surface area is 95.9 Å². The maximum absolute atomic E-state index is 11.3. The first-order valence-electron chi connectivity index (χ1n) is 4.47. The van der Waals surface area contributed by atoms with E-state index >= 15 is 0 Å². The highest BCUT2D eigenvalue weighted by Crippen LogP contribution is 2.25. The van der Waals surface area contributed by atoms with Crippen molar-refractivity contribution in [1.82, 2.24) is 0 Å². The van der Waals surface area contributed by atoms with E-state index in [9.17, 15) is 23.3 Å². The minimum Gasteiger partial charge on any atom is -0.475 e. The largest absolute Gasteiger partial charge is 0.475 e. The number of sulfone groups is 1. The van der Waals surface area contributed by atoms with Crippen molar-refractivity contribution in [1.29, 1.82) is 0 Å². The highest BCUT2D eigenvalue weighted by molar-refractivity contribution is 7.90. The van der Waals surface area contributed by atoms with Gasteiger partial charge in [-0.2, -0.15) is 0 Å². The molecule has 1 aromatic heterocycles. The Balaban J connectivity index is 3.22. The van der Waals surface area contributed by atoms with Gasteiger partial charge < -0.3 is 9.52 Å². The van der Waals surface area contributed by atoms with Crippen LogP contribution in [-0.4, -0.2) is 30.2 Å². The van der Waals surface area contributed by atoms with Gasteiger partial charge >= 0.3 is 11.9 Å². The van der Waals surface area contributed by atoms with E-state index in [0.717, 1.165) is 6.07 Å². The van der Waals surface area contributed by atoms with Gasteiger partial charge in [-0.1, -0.05) is 6.92 Å². The zero-order valence-electron chi connectivity index (χ0n) is 8.74. The number of carboxylic acid groups (broad SMARTS) is 1. The maximum atomic E-state index is 11.3. The van der Waals surface area contributed by atoms with Crippen molar-refractivity contribution in [3.63, 3.8) is 0 Å². The summed E-state index contributed by atoms with van der Waals surface area (Å²) in [5, 5.41) is 19.2. The van der Waals surface area contributed by atoms with Crippen LogP contribution in [0.3, 0.4) is 0 Å². The first-order chi connectivity index (χ1) is 7.76. The molecule has 0 unspecified atom stereocenters. The molecule has 0 bridgehead atoms. The summed E-state index contributed by atoms with van der Waals surface area (Å²) in [5.74, 6) is -3.81. The van der Waals surface area contributed by atoms with Crippen LogP contribution in [0.2, 0.25) is 0 Å². The summed E-state index contributed by atoms with van der Waals surface area (Å²) < 4.78 is 27.1. The van der Waals surface area contributed by atoms with Crippen LogP contribution in [0.15, 0.2) is 10.5 Å². The van der Waals surface area contributed by atoms with Gasteiger partial charge in [0.1, 0.15) is 4.92 Å².